The smallest absolute Gasteiger partial charge is 0.317 e. The Kier molecular flexibility index (Phi) is 5.63. The van der Waals surface area contributed by atoms with Gasteiger partial charge < -0.3 is 4.74 Å². The molecular formula is C27H19FN2O3S. The van der Waals surface area contributed by atoms with Crippen LogP contribution < -0.4 is 4.74 Å². The first-order chi connectivity index (χ1) is 16.5. The van der Waals surface area contributed by atoms with Crippen molar-refractivity contribution in [3.8, 4) is 16.3 Å². The van der Waals surface area contributed by atoms with E-state index in [1.54, 1.807) is 35.6 Å². The summed E-state index contributed by atoms with van der Waals surface area (Å²) in [6.45, 7) is 4.08. The summed E-state index contributed by atoms with van der Waals surface area (Å²) in [5, 5.41) is 4.26. The quantitative estimate of drug-likeness (QED) is 0.252. The topological polar surface area (TPSA) is 68.6 Å². The Morgan fingerprint density at radius 2 is 1.82 bits per heavy atom. The predicted molar refractivity (Wildman–Crippen MR) is 133 cm³/mol. The molecule has 2 aromatic heterocycles. The van der Waals surface area contributed by atoms with Gasteiger partial charge in [0, 0.05) is 9.88 Å². The fraction of sp³-hybridized carbons (Fsp3) is 0.111. The van der Waals surface area contributed by atoms with E-state index in [0.29, 0.717) is 22.3 Å². The monoisotopic (exact) mass is 470 g/mol. The van der Waals surface area contributed by atoms with Crippen LogP contribution in [-0.4, -0.2) is 10.9 Å². The number of carbonyl (C=O) groups is 1. The number of benzene rings is 3. The maximum atomic E-state index is 13.2. The van der Waals surface area contributed by atoms with E-state index in [9.17, 15) is 14.1 Å². The second-order valence-electron chi connectivity index (χ2n) is 8.02. The molecule has 0 saturated heterocycles. The highest BCUT2D eigenvalue weighted by atomic mass is 32.1. The number of nitrogens with zero attached hydrogens (tertiary/aromatic N) is 2. The zero-order chi connectivity index (χ0) is 23.8. The Bertz CT molecular complexity index is 1580. The first-order valence-electron chi connectivity index (χ1n) is 10.6. The summed E-state index contributed by atoms with van der Waals surface area (Å²) in [6.07, 6.45) is 0. The fourth-order valence-corrected chi connectivity index (χ4v) is 5.23. The first-order valence-corrected chi connectivity index (χ1v) is 11.5. The number of ether oxygens (including phenoxy) is 1. The molecule has 3 aromatic carbocycles. The van der Waals surface area contributed by atoms with Crippen LogP contribution >= 0.6 is 11.3 Å². The number of rotatable bonds is 5. The number of hydrogen-bond donors (Lipinski definition) is 0. The average molecular weight is 471 g/mol. The molecule has 7 heteroatoms. The van der Waals surface area contributed by atoms with Gasteiger partial charge in [-0.15, -0.1) is 16.2 Å². The predicted octanol–water partition coefficient (Wildman–Crippen LogP) is 7.36. The van der Waals surface area contributed by atoms with Crippen molar-refractivity contribution in [1.29, 1.82) is 0 Å². The fourth-order valence-electron chi connectivity index (χ4n) is 4.06. The lowest BCUT2D eigenvalue weighted by Crippen LogP contribution is -2.03. The minimum absolute atomic E-state index is 0.143. The summed E-state index contributed by atoms with van der Waals surface area (Å²) in [5.41, 5.74) is 3.98. The van der Waals surface area contributed by atoms with E-state index in [4.69, 9.17) is 9.72 Å². The lowest BCUT2D eigenvalue weighted by molar-refractivity contribution is 0.100. The highest BCUT2D eigenvalue weighted by molar-refractivity contribution is 7.22. The number of aromatic nitrogens is 1. The van der Waals surface area contributed by atoms with E-state index in [1.807, 2.05) is 38.1 Å². The molecule has 5 aromatic rings. The molecule has 2 heterocycles. The highest BCUT2D eigenvalue weighted by Gasteiger charge is 2.21. The van der Waals surface area contributed by atoms with Gasteiger partial charge in [-0.3, -0.25) is 4.79 Å². The molecule has 0 radical (unpaired) electrons. The van der Waals surface area contributed by atoms with Crippen molar-refractivity contribution in [2.75, 3.05) is 0 Å². The van der Waals surface area contributed by atoms with Gasteiger partial charge in [0.15, 0.2) is 0 Å². The average Bonchev–Trinajstić information content (AvgIpc) is 3.20. The van der Waals surface area contributed by atoms with Crippen LogP contribution in [0.1, 0.15) is 27.0 Å². The molecule has 34 heavy (non-hydrogen) atoms. The normalized spacial score (nSPS) is 11.1. The van der Waals surface area contributed by atoms with Crippen molar-refractivity contribution in [3.05, 3.63) is 99.7 Å². The molecular weight excluding hydrogens is 451 g/mol. The standard InChI is InChI=1S/C27H19FN2O3S/c1-15-7-12-22(33-14-17-8-10-18(28)11-9-17)24-20(27(31)30-32)13-21(29-25(15)24)26-16(2)19-5-3-4-6-23(19)34-26/h3-13H,14H2,1-2H3. The number of hydrogen-bond acceptors (Lipinski definition) is 5. The van der Waals surface area contributed by atoms with Gasteiger partial charge >= 0.3 is 5.91 Å². The number of aryl methyl sites for hydroxylation is 2. The van der Waals surface area contributed by atoms with Gasteiger partial charge in [0.25, 0.3) is 0 Å². The molecule has 0 spiro atoms. The summed E-state index contributed by atoms with van der Waals surface area (Å²) in [7, 11) is 0. The van der Waals surface area contributed by atoms with E-state index in [1.165, 1.54) is 12.1 Å². The van der Waals surface area contributed by atoms with E-state index in [-0.39, 0.29) is 18.0 Å². The van der Waals surface area contributed by atoms with E-state index in [2.05, 4.69) is 11.2 Å². The Morgan fingerprint density at radius 1 is 1.06 bits per heavy atom. The van der Waals surface area contributed by atoms with E-state index >= 15 is 0 Å². The van der Waals surface area contributed by atoms with Crippen LogP contribution in [0.15, 0.2) is 71.9 Å². The second kappa shape index (κ2) is 8.76. The third kappa shape index (κ3) is 3.84. The number of amides is 1. The van der Waals surface area contributed by atoms with Crippen LogP contribution in [0, 0.1) is 24.6 Å². The third-order valence-electron chi connectivity index (χ3n) is 5.82. The van der Waals surface area contributed by atoms with Crippen molar-refractivity contribution < 1.29 is 13.9 Å². The number of carbonyl (C=O) groups excluding carboxylic acids is 1. The molecule has 0 aliphatic rings. The van der Waals surface area contributed by atoms with Crippen molar-refractivity contribution in [3.63, 3.8) is 0 Å². The maximum absolute atomic E-state index is 13.2. The van der Waals surface area contributed by atoms with Gasteiger partial charge in [-0.25, -0.2) is 9.37 Å². The molecule has 0 N–H and O–H groups in total. The summed E-state index contributed by atoms with van der Waals surface area (Å²) in [4.78, 5) is 29.8. The molecule has 1 amide bonds. The molecule has 0 saturated carbocycles. The van der Waals surface area contributed by atoms with Crippen LogP contribution in [-0.2, 0) is 6.61 Å². The lowest BCUT2D eigenvalue weighted by atomic mass is 10.0. The van der Waals surface area contributed by atoms with Gasteiger partial charge in [-0.1, -0.05) is 36.4 Å². The van der Waals surface area contributed by atoms with Gasteiger partial charge in [0.1, 0.15) is 18.2 Å². The van der Waals surface area contributed by atoms with Crippen molar-refractivity contribution >= 4 is 38.2 Å². The molecule has 0 atom stereocenters. The molecule has 0 aliphatic heterocycles. The number of halogens is 1. The number of nitroso groups, excluding NO2 is 1. The van der Waals surface area contributed by atoms with Crippen LogP contribution in [0.3, 0.4) is 0 Å². The molecule has 168 valence electrons. The lowest BCUT2D eigenvalue weighted by Gasteiger charge is -2.14. The number of pyridine rings is 1. The van der Waals surface area contributed by atoms with Gasteiger partial charge in [0.2, 0.25) is 0 Å². The SMILES string of the molecule is Cc1c(-c2cc(C(=O)N=O)c3c(OCc4ccc(F)cc4)ccc(C)c3n2)sc2ccccc12. The summed E-state index contributed by atoms with van der Waals surface area (Å²) in [5.74, 6) is -0.809. The van der Waals surface area contributed by atoms with Gasteiger partial charge in [-0.05, 0) is 66.3 Å². The number of fused-ring (bicyclic) bond motifs is 2. The minimum Gasteiger partial charge on any atom is -0.488 e. The minimum atomic E-state index is -0.885. The molecule has 0 bridgehead atoms. The first kappa shape index (κ1) is 21.9. The highest BCUT2D eigenvalue weighted by Crippen LogP contribution is 2.40. The summed E-state index contributed by atoms with van der Waals surface area (Å²) >= 11 is 1.59. The van der Waals surface area contributed by atoms with Crippen molar-refractivity contribution in [1.82, 2.24) is 4.98 Å². The summed E-state index contributed by atoms with van der Waals surface area (Å²) < 4.78 is 20.3. The number of thiophene rings is 1. The molecule has 5 rings (SSSR count). The molecule has 0 fully saturated rings. The van der Waals surface area contributed by atoms with Crippen LogP contribution in [0.2, 0.25) is 0 Å². The second-order valence-corrected chi connectivity index (χ2v) is 9.08. The van der Waals surface area contributed by atoms with E-state index in [0.717, 1.165) is 31.7 Å². The third-order valence-corrected chi connectivity index (χ3v) is 7.12. The Balaban J connectivity index is 1.68. The van der Waals surface area contributed by atoms with Gasteiger partial charge in [-0.2, -0.15) is 0 Å². The Morgan fingerprint density at radius 3 is 2.56 bits per heavy atom. The van der Waals surface area contributed by atoms with Crippen molar-refractivity contribution in [2.24, 2.45) is 5.18 Å². The molecule has 0 unspecified atom stereocenters. The van der Waals surface area contributed by atoms with Crippen LogP contribution in [0.4, 0.5) is 4.39 Å². The molecule has 5 nitrogen and oxygen atoms in total. The van der Waals surface area contributed by atoms with Crippen LogP contribution in [0.5, 0.6) is 5.75 Å². The maximum Gasteiger partial charge on any atom is 0.317 e. The zero-order valence-corrected chi connectivity index (χ0v) is 19.3. The molecule has 0 aliphatic carbocycles. The van der Waals surface area contributed by atoms with Crippen molar-refractivity contribution in [2.45, 2.75) is 20.5 Å². The van der Waals surface area contributed by atoms with Gasteiger partial charge in [0.05, 0.1) is 27.0 Å². The zero-order valence-electron chi connectivity index (χ0n) is 18.5. The Hall–Kier alpha value is -3.97. The summed E-state index contributed by atoms with van der Waals surface area (Å²) in [6, 6.07) is 19.3. The Labute approximate surface area is 198 Å². The largest absolute Gasteiger partial charge is 0.488 e. The van der Waals surface area contributed by atoms with E-state index < -0.39 is 5.91 Å². The van der Waals surface area contributed by atoms with Crippen LogP contribution in [0.25, 0.3) is 31.6 Å².